The van der Waals surface area contributed by atoms with E-state index in [1.807, 2.05) is 0 Å². The zero-order valence-corrected chi connectivity index (χ0v) is 17.7. The van der Waals surface area contributed by atoms with Gasteiger partial charge in [0.05, 0.1) is 18.1 Å². The molecular formula is C19H22ClNO7S. The molecule has 0 spiro atoms. The lowest BCUT2D eigenvalue weighted by Crippen LogP contribution is -2.68. The summed E-state index contributed by atoms with van der Waals surface area (Å²) < 4.78 is 9.28. The average molecular weight is 444 g/mol. The van der Waals surface area contributed by atoms with Gasteiger partial charge in [0, 0.05) is 22.8 Å². The molecule has 1 aliphatic rings. The van der Waals surface area contributed by atoms with Gasteiger partial charge >= 0.3 is 11.9 Å². The number of aliphatic hydroxyl groups is 1. The molecule has 1 N–H and O–H groups in total. The van der Waals surface area contributed by atoms with E-state index in [0.29, 0.717) is 9.92 Å². The number of β-lactam (4-membered cyclic amide) rings is 1. The highest BCUT2D eigenvalue weighted by Gasteiger charge is 2.54. The van der Waals surface area contributed by atoms with Crippen LogP contribution in [0, 0.1) is 11.8 Å². The summed E-state index contributed by atoms with van der Waals surface area (Å²) in [5.74, 6) is -3.26. The number of thioether (sulfide) groups is 1. The third-order valence-electron chi connectivity index (χ3n) is 4.51. The predicted octanol–water partition coefficient (Wildman–Crippen LogP) is 1.87. The molecule has 0 bridgehead atoms. The van der Waals surface area contributed by atoms with Crippen LogP contribution >= 0.6 is 23.4 Å². The molecular weight excluding hydrogens is 422 g/mol. The number of esters is 2. The Morgan fingerprint density at radius 1 is 1.21 bits per heavy atom. The van der Waals surface area contributed by atoms with Crippen molar-refractivity contribution < 1.29 is 33.8 Å². The highest BCUT2D eigenvalue weighted by Crippen LogP contribution is 2.37. The van der Waals surface area contributed by atoms with E-state index >= 15 is 0 Å². The summed E-state index contributed by atoms with van der Waals surface area (Å²) in [6, 6.07) is 6.09. The highest BCUT2D eigenvalue weighted by atomic mass is 35.5. The monoisotopic (exact) mass is 443 g/mol. The highest BCUT2D eigenvalue weighted by molar-refractivity contribution is 8.13. The van der Waals surface area contributed by atoms with Gasteiger partial charge in [0.15, 0.2) is 5.12 Å². The van der Waals surface area contributed by atoms with Gasteiger partial charge in [0.25, 0.3) is 0 Å². The molecule has 1 aromatic rings. The summed E-state index contributed by atoms with van der Waals surface area (Å²) in [5, 5.41) is 10.3. The topological polar surface area (TPSA) is 110 Å². The molecule has 0 radical (unpaired) electrons. The Morgan fingerprint density at radius 3 is 2.38 bits per heavy atom. The summed E-state index contributed by atoms with van der Waals surface area (Å²) in [7, 11) is 0. The third-order valence-corrected chi connectivity index (χ3v) is 5.85. The van der Waals surface area contributed by atoms with Crippen LogP contribution in [0.25, 0.3) is 0 Å². The van der Waals surface area contributed by atoms with Crippen molar-refractivity contribution in [1.29, 1.82) is 0 Å². The molecule has 0 unspecified atom stereocenters. The van der Waals surface area contributed by atoms with Crippen LogP contribution in [0.15, 0.2) is 29.2 Å². The fourth-order valence-electron chi connectivity index (χ4n) is 3.07. The van der Waals surface area contributed by atoms with Gasteiger partial charge in [0.2, 0.25) is 12.7 Å². The zero-order valence-electron chi connectivity index (χ0n) is 16.2. The van der Waals surface area contributed by atoms with Gasteiger partial charge in [-0.3, -0.25) is 19.2 Å². The van der Waals surface area contributed by atoms with Gasteiger partial charge in [-0.2, -0.15) is 0 Å². The molecule has 0 aromatic heterocycles. The maximum atomic E-state index is 12.7. The number of rotatable bonds is 8. The lowest BCUT2D eigenvalue weighted by atomic mass is 9.77. The minimum Gasteiger partial charge on any atom is -0.428 e. The quantitative estimate of drug-likeness (QED) is 0.280. The van der Waals surface area contributed by atoms with Crippen LogP contribution in [-0.4, -0.2) is 58.5 Å². The first kappa shape index (κ1) is 23.2. The van der Waals surface area contributed by atoms with E-state index in [-0.39, 0.29) is 5.12 Å². The number of carbonyl (C=O) groups excluding carboxylic acids is 4. The molecule has 1 saturated heterocycles. The van der Waals surface area contributed by atoms with Gasteiger partial charge < -0.3 is 19.5 Å². The number of amides is 1. The van der Waals surface area contributed by atoms with Crippen LogP contribution in [0.3, 0.4) is 0 Å². The van der Waals surface area contributed by atoms with Gasteiger partial charge in [-0.15, -0.1) is 0 Å². The van der Waals surface area contributed by atoms with E-state index in [0.717, 1.165) is 11.8 Å². The summed E-state index contributed by atoms with van der Waals surface area (Å²) in [6.45, 7) is 3.32. The summed E-state index contributed by atoms with van der Waals surface area (Å²) in [6.07, 6.45) is -0.975. The van der Waals surface area contributed by atoms with Crippen molar-refractivity contribution in [3.63, 3.8) is 0 Å². The first-order chi connectivity index (χ1) is 13.6. The second-order valence-corrected chi connectivity index (χ2v) is 8.17. The first-order valence-electron chi connectivity index (χ1n) is 8.86. The molecule has 0 aliphatic carbocycles. The second kappa shape index (κ2) is 10.1. The Kier molecular flexibility index (Phi) is 8.06. The Balaban J connectivity index is 2.04. The van der Waals surface area contributed by atoms with Crippen LogP contribution in [0.2, 0.25) is 5.02 Å². The number of ether oxygens (including phenoxy) is 2. The second-order valence-electron chi connectivity index (χ2n) is 6.66. The normalized spacial score (nSPS) is 20.4. The first-order valence-corrected chi connectivity index (χ1v) is 10.1. The van der Waals surface area contributed by atoms with Crippen molar-refractivity contribution in [2.75, 3.05) is 13.3 Å². The molecule has 8 nitrogen and oxygen atoms in total. The molecule has 4 atom stereocenters. The number of hydrogen-bond donors (Lipinski definition) is 1. The zero-order chi connectivity index (χ0) is 21.7. The smallest absolute Gasteiger partial charge is 0.328 e. The molecule has 1 aromatic carbocycles. The number of aliphatic hydroxyl groups excluding tert-OH is 1. The van der Waals surface area contributed by atoms with Crippen molar-refractivity contribution in [3.05, 3.63) is 29.3 Å². The van der Waals surface area contributed by atoms with Crippen LogP contribution in [0.5, 0.6) is 0 Å². The number of hydrogen-bond acceptors (Lipinski definition) is 8. The molecule has 0 saturated carbocycles. The van der Waals surface area contributed by atoms with Crippen molar-refractivity contribution in [1.82, 2.24) is 4.90 Å². The van der Waals surface area contributed by atoms with Crippen molar-refractivity contribution >= 4 is 46.3 Å². The lowest BCUT2D eigenvalue weighted by Gasteiger charge is -2.50. The molecule has 29 heavy (non-hydrogen) atoms. The summed E-state index contributed by atoms with van der Waals surface area (Å²) in [5.41, 5.74) is 0. The molecule has 158 valence electrons. The fraction of sp³-hybridized carbons (Fsp3) is 0.474. The molecule has 1 fully saturated rings. The molecule has 1 amide bonds. The van der Waals surface area contributed by atoms with E-state index in [2.05, 4.69) is 4.74 Å². The van der Waals surface area contributed by atoms with Crippen molar-refractivity contribution in [3.8, 4) is 0 Å². The number of nitrogens with zero attached hydrogens (tertiary/aromatic N) is 1. The minimum absolute atomic E-state index is 0.214. The number of halogens is 1. The molecule has 2 rings (SSSR count). The minimum atomic E-state index is -0.975. The largest absolute Gasteiger partial charge is 0.428 e. The van der Waals surface area contributed by atoms with Gasteiger partial charge in [0.1, 0.15) is 6.54 Å². The molecule has 1 heterocycles. The lowest BCUT2D eigenvalue weighted by molar-refractivity contribution is -0.180. The van der Waals surface area contributed by atoms with E-state index in [1.54, 1.807) is 31.2 Å². The Hall–Kier alpha value is -2.10. The Bertz CT molecular complexity index is 783. The maximum Gasteiger partial charge on any atom is 0.328 e. The van der Waals surface area contributed by atoms with E-state index in [1.165, 1.54) is 18.7 Å². The fourth-order valence-corrected chi connectivity index (χ4v) is 4.02. The average Bonchev–Trinajstić information content (AvgIpc) is 2.64. The van der Waals surface area contributed by atoms with Crippen LogP contribution in [-0.2, 0) is 28.7 Å². The number of likely N-dealkylation sites (tertiary alicyclic amines) is 1. The Morgan fingerprint density at radius 2 is 1.83 bits per heavy atom. The summed E-state index contributed by atoms with van der Waals surface area (Å²) >= 11 is 6.85. The van der Waals surface area contributed by atoms with Crippen LogP contribution in [0.4, 0.5) is 0 Å². The van der Waals surface area contributed by atoms with E-state index in [4.69, 9.17) is 16.3 Å². The van der Waals surface area contributed by atoms with Gasteiger partial charge in [-0.1, -0.05) is 30.3 Å². The number of carbonyl (C=O) groups is 4. The van der Waals surface area contributed by atoms with Gasteiger partial charge in [-0.25, -0.2) is 0 Å². The standard InChI is InChI=1S/C19H22ClNO7S/c1-10(19(26)29-14-6-4-13(20)5-7-14)17-16(11(2)22)18(25)21(17)8-15(24)28-9-27-12(3)23/h4-7,10-11,16-17,22H,8-9H2,1-3H3/t10-,11-,16-,17-/m1/s1. The Labute approximate surface area is 177 Å². The number of benzene rings is 1. The van der Waals surface area contributed by atoms with Crippen LogP contribution < -0.4 is 0 Å². The summed E-state index contributed by atoms with van der Waals surface area (Å²) in [4.78, 5) is 49.7. The van der Waals surface area contributed by atoms with Gasteiger partial charge in [-0.05, 0) is 31.2 Å². The maximum absolute atomic E-state index is 12.7. The van der Waals surface area contributed by atoms with E-state index in [9.17, 15) is 24.3 Å². The van der Waals surface area contributed by atoms with Crippen LogP contribution in [0.1, 0.15) is 20.8 Å². The SMILES string of the molecule is CC(=O)OCOC(=O)CN1C(=O)[C@H]([C@@H](C)O)[C@H]1[C@@H](C)C(=O)Sc1ccc(Cl)cc1. The molecule has 1 aliphatic heterocycles. The predicted molar refractivity (Wildman–Crippen MR) is 105 cm³/mol. The van der Waals surface area contributed by atoms with Crippen molar-refractivity contribution in [2.24, 2.45) is 11.8 Å². The van der Waals surface area contributed by atoms with Crippen molar-refractivity contribution in [2.45, 2.75) is 37.8 Å². The third kappa shape index (κ3) is 5.94. The van der Waals surface area contributed by atoms with E-state index < -0.39 is 55.2 Å². The molecule has 10 heteroatoms.